The third-order valence-electron chi connectivity index (χ3n) is 6.79. The molecule has 9 nitrogen and oxygen atoms in total. The number of hydrogen-bond donors (Lipinski definition) is 1. The minimum atomic E-state index is -0.435. The number of carbonyl (C=O) groups excluding carboxylic acids is 2. The summed E-state index contributed by atoms with van der Waals surface area (Å²) < 4.78 is 8.91. The molecule has 2 bridgehead atoms. The molecule has 0 radical (unpaired) electrons. The van der Waals surface area contributed by atoms with Crippen LogP contribution in [-0.2, 0) is 36.6 Å². The summed E-state index contributed by atoms with van der Waals surface area (Å²) in [6, 6.07) is 0. The van der Waals surface area contributed by atoms with Crippen molar-refractivity contribution >= 4 is 17.5 Å². The summed E-state index contributed by atoms with van der Waals surface area (Å²) in [5.74, 6) is -0.373. The van der Waals surface area contributed by atoms with Gasteiger partial charge in [-0.2, -0.15) is 5.10 Å². The van der Waals surface area contributed by atoms with E-state index < -0.39 is 5.91 Å². The van der Waals surface area contributed by atoms with Gasteiger partial charge in [0.25, 0.3) is 11.5 Å². The number of rotatable bonds is 3. The minimum absolute atomic E-state index is 0.0445. The predicted octanol–water partition coefficient (Wildman–Crippen LogP) is 1.13. The Morgan fingerprint density at radius 3 is 2.68 bits per heavy atom. The van der Waals surface area contributed by atoms with E-state index >= 15 is 0 Å². The number of nitrogens with one attached hydrogen (secondary N) is 1. The summed E-state index contributed by atoms with van der Waals surface area (Å²) in [7, 11) is 3.41. The molecule has 5 heterocycles. The fourth-order valence-corrected chi connectivity index (χ4v) is 5.25. The summed E-state index contributed by atoms with van der Waals surface area (Å²) >= 11 is 0. The molecule has 2 fully saturated rings. The topological polar surface area (TPSA) is 98.5 Å². The van der Waals surface area contributed by atoms with E-state index in [4.69, 9.17) is 4.74 Å². The zero-order chi connectivity index (χ0) is 21.9. The number of aromatic nitrogens is 3. The van der Waals surface area contributed by atoms with E-state index in [-0.39, 0.29) is 35.2 Å². The van der Waals surface area contributed by atoms with Crippen LogP contribution in [0.1, 0.15) is 46.4 Å². The van der Waals surface area contributed by atoms with E-state index in [2.05, 4.69) is 10.4 Å². The number of fused-ring (bicyclic) bond motifs is 3. The van der Waals surface area contributed by atoms with Gasteiger partial charge < -0.3 is 19.5 Å². The van der Waals surface area contributed by atoms with Gasteiger partial charge in [0.1, 0.15) is 5.56 Å². The predicted molar refractivity (Wildman–Crippen MR) is 113 cm³/mol. The Kier molecular flexibility index (Phi) is 4.73. The number of anilines is 1. The molecule has 3 aliphatic heterocycles. The first kappa shape index (κ1) is 20.0. The molecule has 9 heteroatoms. The van der Waals surface area contributed by atoms with E-state index in [1.165, 1.54) is 4.57 Å². The second kappa shape index (κ2) is 7.33. The number of aryl methyl sites for hydroxylation is 3. The maximum absolute atomic E-state index is 13.1. The lowest BCUT2D eigenvalue weighted by Gasteiger charge is -2.33. The smallest absolute Gasteiger partial charge is 0.263 e. The molecule has 0 aromatic carbocycles. The van der Waals surface area contributed by atoms with Crippen LogP contribution in [0.4, 0.5) is 5.69 Å². The van der Waals surface area contributed by atoms with Crippen LogP contribution >= 0.6 is 0 Å². The van der Waals surface area contributed by atoms with Crippen LogP contribution in [0.2, 0.25) is 0 Å². The second-order valence-corrected chi connectivity index (χ2v) is 8.91. The molecule has 5 rings (SSSR count). The fraction of sp³-hybridized carbons (Fsp3) is 0.545. The number of pyridine rings is 1. The van der Waals surface area contributed by atoms with E-state index in [1.54, 1.807) is 38.1 Å². The van der Waals surface area contributed by atoms with Gasteiger partial charge in [0.2, 0.25) is 5.91 Å². The normalized spacial score (nSPS) is 24.4. The lowest BCUT2D eigenvalue weighted by Crippen LogP contribution is -2.44. The van der Waals surface area contributed by atoms with Crippen LogP contribution in [0.5, 0.6) is 0 Å². The maximum Gasteiger partial charge on any atom is 0.263 e. The average Bonchev–Trinajstić information content (AvgIpc) is 3.44. The second-order valence-electron chi connectivity index (χ2n) is 8.91. The van der Waals surface area contributed by atoms with Crippen molar-refractivity contribution in [3.05, 3.63) is 45.1 Å². The van der Waals surface area contributed by atoms with Gasteiger partial charge in [-0.05, 0) is 43.7 Å². The van der Waals surface area contributed by atoms with Crippen LogP contribution in [-0.4, -0.2) is 49.8 Å². The summed E-state index contributed by atoms with van der Waals surface area (Å²) in [4.78, 5) is 40.9. The summed E-state index contributed by atoms with van der Waals surface area (Å²) in [6.07, 6.45) is 7.02. The van der Waals surface area contributed by atoms with Gasteiger partial charge in [-0.25, -0.2) is 0 Å². The van der Waals surface area contributed by atoms with Crippen molar-refractivity contribution in [1.29, 1.82) is 0 Å². The molecule has 0 spiro atoms. The van der Waals surface area contributed by atoms with E-state index in [9.17, 15) is 14.4 Å². The number of ether oxygens (including phenoxy) is 1. The van der Waals surface area contributed by atoms with Crippen molar-refractivity contribution in [1.82, 2.24) is 19.2 Å². The van der Waals surface area contributed by atoms with Crippen LogP contribution in [0, 0.1) is 12.8 Å². The van der Waals surface area contributed by atoms with Crippen molar-refractivity contribution in [2.75, 3.05) is 11.9 Å². The molecule has 0 unspecified atom stereocenters. The highest BCUT2D eigenvalue weighted by Crippen LogP contribution is 2.40. The summed E-state index contributed by atoms with van der Waals surface area (Å²) in [6.45, 7) is 2.71. The minimum Gasteiger partial charge on any atom is -0.374 e. The van der Waals surface area contributed by atoms with Crippen LogP contribution in [0.15, 0.2) is 17.2 Å². The highest BCUT2D eigenvalue weighted by Gasteiger charge is 2.46. The van der Waals surface area contributed by atoms with E-state index in [1.807, 2.05) is 4.90 Å². The lowest BCUT2D eigenvalue weighted by atomic mass is 9.87. The molecule has 31 heavy (non-hydrogen) atoms. The zero-order valence-electron chi connectivity index (χ0n) is 18.1. The van der Waals surface area contributed by atoms with Crippen LogP contribution < -0.4 is 10.9 Å². The molecule has 1 N–H and O–H groups in total. The summed E-state index contributed by atoms with van der Waals surface area (Å²) in [5.41, 5.74) is 2.66. The quantitative estimate of drug-likeness (QED) is 0.795. The highest BCUT2D eigenvalue weighted by molar-refractivity contribution is 6.05. The van der Waals surface area contributed by atoms with Crippen molar-refractivity contribution in [2.24, 2.45) is 20.0 Å². The lowest BCUT2D eigenvalue weighted by molar-refractivity contribution is -0.138. The largest absolute Gasteiger partial charge is 0.374 e. The number of carbonyl (C=O) groups is 2. The van der Waals surface area contributed by atoms with Crippen molar-refractivity contribution in [2.45, 2.75) is 51.4 Å². The number of nitrogens with zero attached hydrogens (tertiary/aromatic N) is 4. The Morgan fingerprint density at radius 1 is 1.23 bits per heavy atom. The monoisotopic (exact) mass is 425 g/mol. The molecule has 164 valence electrons. The zero-order valence-corrected chi connectivity index (χ0v) is 18.1. The Morgan fingerprint density at radius 2 is 2.03 bits per heavy atom. The van der Waals surface area contributed by atoms with Gasteiger partial charge in [-0.3, -0.25) is 19.1 Å². The SMILES string of the molecule is Cc1nn(C)cc1NC(=O)c1c2c(cn(C)c1=O)CN(C(=O)[C@@H]1C[C@@H]3CC[C@H]1O3)CC2. The third kappa shape index (κ3) is 3.37. The molecule has 3 atom stereocenters. The Labute approximate surface area is 180 Å². The van der Waals surface area contributed by atoms with Gasteiger partial charge in [0.15, 0.2) is 0 Å². The fourth-order valence-electron chi connectivity index (χ4n) is 5.25. The van der Waals surface area contributed by atoms with Gasteiger partial charge >= 0.3 is 0 Å². The van der Waals surface area contributed by atoms with Crippen LogP contribution in [0.3, 0.4) is 0 Å². The average molecular weight is 425 g/mol. The van der Waals surface area contributed by atoms with Crippen LogP contribution in [0.25, 0.3) is 0 Å². The molecule has 2 amide bonds. The van der Waals surface area contributed by atoms with Crippen molar-refractivity contribution < 1.29 is 14.3 Å². The first-order valence-corrected chi connectivity index (χ1v) is 10.8. The molecular weight excluding hydrogens is 398 g/mol. The van der Waals surface area contributed by atoms with Gasteiger partial charge in [0.05, 0.1) is 29.5 Å². The molecule has 2 aromatic rings. The van der Waals surface area contributed by atoms with Gasteiger partial charge in [-0.1, -0.05) is 0 Å². The van der Waals surface area contributed by atoms with Gasteiger partial charge in [0, 0.05) is 39.6 Å². The number of amides is 2. The first-order valence-electron chi connectivity index (χ1n) is 10.8. The summed E-state index contributed by atoms with van der Waals surface area (Å²) in [5, 5.41) is 7.06. The van der Waals surface area contributed by atoms with Crippen molar-refractivity contribution in [3.8, 4) is 0 Å². The molecule has 0 aliphatic carbocycles. The van der Waals surface area contributed by atoms with Crippen molar-refractivity contribution in [3.63, 3.8) is 0 Å². The van der Waals surface area contributed by atoms with E-state index in [0.29, 0.717) is 30.9 Å². The molecule has 3 aliphatic rings. The molecule has 2 saturated heterocycles. The van der Waals surface area contributed by atoms with Gasteiger partial charge in [-0.15, -0.1) is 0 Å². The Bertz CT molecular complexity index is 1130. The Balaban J connectivity index is 1.41. The standard InChI is InChI=1S/C22H27N5O4/c1-12-17(11-26(3)24-12)23-20(28)19-15-6-7-27(10-13(15)9-25(2)22(19)30)21(29)16-8-14-4-5-18(16)31-14/h9,11,14,16,18H,4-8,10H2,1-3H3,(H,23,28)/t14-,16+,18+/m0/s1. The maximum atomic E-state index is 13.1. The molecular formula is C22H27N5O4. The highest BCUT2D eigenvalue weighted by atomic mass is 16.5. The molecule has 0 saturated carbocycles. The third-order valence-corrected chi connectivity index (χ3v) is 6.79. The molecule has 2 aromatic heterocycles. The first-order chi connectivity index (χ1) is 14.8. The van der Waals surface area contributed by atoms with E-state index in [0.717, 1.165) is 30.4 Å². The number of hydrogen-bond acceptors (Lipinski definition) is 5. The Hall–Kier alpha value is -2.94.